The van der Waals surface area contributed by atoms with Gasteiger partial charge < -0.3 is 14.8 Å². The van der Waals surface area contributed by atoms with Crippen molar-refractivity contribution in [2.45, 2.75) is 31.0 Å². The first-order chi connectivity index (χ1) is 13.3. The molecule has 1 aliphatic heterocycles. The second-order valence-electron chi connectivity index (χ2n) is 6.23. The maximum absolute atomic E-state index is 12.6. The van der Waals surface area contributed by atoms with E-state index in [4.69, 9.17) is 9.47 Å². The average Bonchev–Trinajstić information content (AvgIpc) is 2.67. The van der Waals surface area contributed by atoms with Crippen LogP contribution in [0.25, 0.3) is 0 Å². The van der Waals surface area contributed by atoms with Gasteiger partial charge in [-0.05, 0) is 42.3 Å². The van der Waals surface area contributed by atoms with E-state index < -0.39 is 22.0 Å². The zero-order valence-electron chi connectivity index (χ0n) is 15.4. The highest BCUT2D eigenvalue weighted by Gasteiger charge is 2.28. The predicted octanol–water partition coefficient (Wildman–Crippen LogP) is 2.06. The highest BCUT2D eigenvalue weighted by molar-refractivity contribution is 7.90. The van der Waals surface area contributed by atoms with Crippen LogP contribution in [-0.4, -0.2) is 33.4 Å². The Morgan fingerprint density at radius 1 is 1.25 bits per heavy atom. The number of hydrogen-bond acceptors (Lipinski definition) is 6. The fourth-order valence-corrected chi connectivity index (χ4v) is 3.77. The largest absolute Gasteiger partial charge is 0.478 e. The number of benzene rings is 2. The van der Waals surface area contributed by atoms with E-state index in [0.717, 1.165) is 5.56 Å². The molecule has 0 saturated heterocycles. The standard InChI is InChI=1S/C19H20N2O6S/c1-3-16-19(23)20-15-10-14(7-8-17(15)27-16)28(24,25)21-18(22)13-6-4-5-12(9-13)11-26-2/h4-10,16H,3,11H2,1-2H3,(H,20,23)(H,21,22)/t16-/m1/s1. The molecule has 1 atom stereocenters. The van der Waals surface area contributed by atoms with Crippen molar-refractivity contribution in [2.24, 2.45) is 0 Å². The average molecular weight is 404 g/mol. The van der Waals surface area contributed by atoms with Crippen molar-refractivity contribution in [3.63, 3.8) is 0 Å². The lowest BCUT2D eigenvalue weighted by Gasteiger charge is -2.25. The van der Waals surface area contributed by atoms with E-state index in [0.29, 0.717) is 18.8 Å². The Labute approximate surface area is 162 Å². The summed E-state index contributed by atoms with van der Waals surface area (Å²) in [6.07, 6.45) is -0.127. The lowest BCUT2D eigenvalue weighted by atomic mass is 10.1. The van der Waals surface area contributed by atoms with Crippen molar-refractivity contribution < 1.29 is 27.5 Å². The predicted molar refractivity (Wildman–Crippen MR) is 102 cm³/mol. The number of carbonyl (C=O) groups is 2. The Balaban J connectivity index is 1.82. The monoisotopic (exact) mass is 404 g/mol. The van der Waals surface area contributed by atoms with Gasteiger partial charge in [0.15, 0.2) is 6.10 Å². The molecule has 2 aromatic rings. The molecule has 0 bridgehead atoms. The van der Waals surface area contributed by atoms with E-state index in [9.17, 15) is 18.0 Å². The lowest BCUT2D eigenvalue weighted by molar-refractivity contribution is -0.123. The molecule has 3 rings (SSSR count). The molecule has 1 aliphatic rings. The topological polar surface area (TPSA) is 111 Å². The zero-order chi connectivity index (χ0) is 20.3. The summed E-state index contributed by atoms with van der Waals surface area (Å²) in [7, 11) is -2.61. The van der Waals surface area contributed by atoms with Gasteiger partial charge in [-0.1, -0.05) is 19.1 Å². The highest BCUT2D eigenvalue weighted by Crippen LogP contribution is 2.32. The highest BCUT2D eigenvalue weighted by atomic mass is 32.2. The van der Waals surface area contributed by atoms with Crippen LogP contribution in [0.2, 0.25) is 0 Å². The van der Waals surface area contributed by atoms with E-state index in [1.807, 2.05) is 11.6 Å². The number of ether oxygens (including phenoxy) is 2. The second-order valence-corrected chi connectivity index (χ2v) is 7.91. The maximum atomic E-state index is 12.6. The van der Waals surface area contributed by atoms with Gasteiger partial charge in [-0.2, -0.15) is 0 Å². The third-order valence-corrected chi connectivity index (χ3v) is 5.51. The minimum Gasteiger partial charge on any atom is -0.478 e. The summed E-state index contributed by atoms with van der Waals surface area (Å²) >= 11 is 0. The van der Waals surface area contributed by atoms with Crippen molar-refractivity contribution in [3.05, 3.63) is 53.6 Å². The molecule has 0 aliphatic carbocycles. The molecule has 0 radical (unpaired) electrons. The first-order valence-electron chi connectivity index (χ1n) is 8.60. The number of sulfonamides is 1. The molecule has 0 aromatic heterocycles. The van der Waals surface area contributed by atoms with Crippen LogP contribution in [0.5, 0.6) is 5.75 Å². The van der Waals surface area contributed by atoms with E-state index in [-0.39, 0.29) is 22.1 Å². The van der Waals surface area contributed by atoms with E-state index in [1.54, 1.807) is 18.2 Å². The van der Waals surface area contributed by atoms with Crippen LogP contribution in [0.1, 0.15) is 29.3 Å². The number of rotatable bonds is 6. The lowest BCUT2D eigenvalue weighted by Crippen LogP contribution is -2.36. The molecule has 2 amide bonds. The molecule has 2 N–H and O–H groups in total. The summed E-state index contributed by atoms with van der Waals surface area (Å²) in [4.78, 5) is 24.2. The molecule has 1 heterocycles. The summed E-state index contributed by atoms with van der Waals surface area (Å²) in [5.41, 5.74) is 1.18. The normalized spacial score (nSPS) is 15.9. The Morgan fingerprint density at radius 2 is 2.04 bits per heavy atom. The smallest absolute Gasteiger partial charge is 0.265 e. The first-order valence-corrected chi connectivity index (χ1v) is 10.1. The van der Waals surface area contributed by atoms with Crippen LogP contribution in [0, 0.1) is 0 Å². The van der Waals surface area contributed by atoms with Gasteiger partial charge in [0.05, 0.1) is 17.2 Å². The van der Waals surface area contributed by atoms with Crippen LogP contribution >= 0.6 is 0 Å². The second kappa shape index (κ2) is 7.99. The van der Waals surface area contributed by atoms with Crippen molar-refractivity contribution in [1.82, 2.24) is 4.72 Å². The van der Waals surface area contributed by atoms with Gasteiger partial charge in [0, 0.05) is 12.7 Å². The molecule has 8 nitrogen and oxygen atoms in total. The van der Waals surface area contributed by atoms with Crippen LogP contribution in [0.15, 0.2) is 47.4 Å². The van der Waals surface area contributed by atoms with Crippen LogP contribution in [0.3, 0.4) is 0 Å². The Kier molecular flexibility index (Phi) is 5.66. The number of amides is 2. The van der Waals surface area contributed by atoms with E-state index in [2.05, 4.69) is 5.32 Å². The van der Waals surface area contributed by atoms with E-state index >= 15 is 0 Å². The third-order valence-electron chi connectivity index (χ3n) is 4.18. The molecule has 2 aromatic carbocycles. The van der Waals surface area contributed by atoms with E-state index in [1.165, 1.54) is 31.4 Å². The molecule has 0 spiro atoms. The van der Waals surface area contributed by atoms with Gasteiger partial charge in [0.2, 0.25) is 0 Å². The van der Waals surface area contributed by atoms with Crippen LogP contribution in [-0.2, 0) is 26.2 Å². The summed E-state index contributed by atoms with van der Waals surface area (Å²) in [5.74, 6) is -0.727. The molecule has 0 fully saturated rings. The van der Waals surface area contributed by atoms with Gasteiger partial charge in [0.1, 0.15) is 5.75 Å². The van der Waals surface area contributed by atoms with Gasteiger partial charge >= 0.3 is 0 Å². The zero-order valence-corrected chi connectivity index (χ0v) is 16.2. The quantitative estimate of drug-likeness (QED) is 0.762. The van der Waals surface area contributed by atoms with Gasteiger partial charge in [-0.3, -0.25) is 9.59 Å². The number of anilines is 1. The number of nitrogens with one attached hydrogen (secondary N) is 2. The Bertz CT molecular complexity index is 1020. The summed E-state index contributed by atoms with van der Waals surface area (Å²) in [6.45, 7) is 2.11. The maximum Gasteiger partial charge on any atom is 0.265 e. The van der Waals surface area contributed by atoms with Crippen LogP contribution < -0.4 is 14.8 Å². The molecular weight excluding hydrogens is 384 g/mol. The Morgan fingerprint density at radius 3 is 2.75 bits per heavy atom. The van der Waals surface area contributed by atoms with Crippen molar-refractivity contribution in [2.75, 3.05) is 12.4 Å². The Hall–Kier alpha value is -2.91. The molecule has 9 heteroatoms. The molecular formula is C19H20N2O6S. The van der Waals surface area contributed by atoms with Crippen molar-refractivity contribution in [1.29, 1.82) is 0 Å². The molecule has 0 saturated carbocycles. The number of fused-ring (bicyclic) bond motifs is 1. The van der Waals surface area contributed by atoms with Gasteiger partial charge in [-0.25, -0.2) is 13.1 Å². The van der Waals surface area contributed by atoms with Crippen LogP contribution in [0.4, 0.5) is 5.69 Å². The first kappa shape index (κ1) is 19.8. The molecule has 148 valence electrons. The number of carbonyl (C=O) groups excluding carboxylic acids is 2. The number of methoxy groups -OCH3 is 1. The summed E-state index contributed by atoms with van der Waals surface area (Å²) < 4.78 is 37.8. The molecule has 0 unspecified atom stereocenters. The summed E-state index contributed by atoms with van der Waals surface area (Å²) in [6, 6.07) is 10.5. The molecule has 28 heavy (non-hydrogen) atoms. The minimum absolute atomic E-state index is 0.161. The summed E-state index contributed by atoms with van der Waals surface area (Å²) in [5, 5.41) is 2.62. The minimum atomic E-state index is -4.14. The fraction of sp³-hybridized carbons (Fsp3) is 0.263. The third kappa shape index (κ3) is 4.15. The SMILES string of the molecule is CC[C@H]1Oc2ccc(S(=O)(=O)NC(=O)c3cccc(COC)c3)cc2NC1=O. The van der Waals surface area contributed by atoms with Crippen molar-refractivity contribution >= 4 is 27.5 Å². The van der Waals surface area contributed by atoms with Crippen molar-refractivity contribution in [3.8, 4) is 5.75 Å². The van der Waals surface area contributed by atoms with Gasteiger partial charge in [0.25, 0.3) is 21.8 Å². The van der Waals surface area contributed by atoms with Gasteiger partial charge in [-0.15, -0.1) is 0 Å². The fourth-order valence-electron chi connectivity index (χ4n) is 2.77. The number of hydrogen-bond donors (Lipinski definition) is 2.